The van der Waals surface area contributed by atoms with Gasteiger partial charge >= 0.3 is 0 Å². The van der Waals surface area contributed by atoms with Crippen LogP contribution >= 0.6 is 27.5 Å². The summed E-state index contributed by atoms with van der Waals surface area (Å²) in [5.41, 5.74) is 3.32. The van der Waals surface area contributed by atoms with Crippen molar-refractivity contribution >= 4 is 27.5 Å². The molecule has 0 aliphatic heterocycles. The van der Waals surface area contributed by atoms with Crippen LogP contribution in [0.15, 0.2) is 28.9 Å². The molecule has 0 radical (unpaired) electrons. The lowest BCUT2D eigenvalue weighted by Gasteiger charge is -2.20. The largest absolute Gasteiger partial charge is 0.308 e. The summed E-state index contributed by atoms with van der Waals surface area (Å²) in [7, 11) is 3.82. The SMILES string of the molecule is CNC(c1cccc(C)c1Br)c1c(Cl)cnn1C. The highest BCUT2D eigenvalue weighted by molar-refractivity contribution is 9.10. The Balaban J connectivity index is 2.56. The van der Waals surface area contributed by atoms with Crippen LogP contribution in [-0.4, -0.2) is 16.8 Å². The van der Waals surface area contributed by atoms with Crippen molar-refractivity contribution < 1.29 is 0 Å². The summed E-state index contributed by atoms with van der Waals surface area (Å²) in [4.78, 5) is 0. The van der Waals surface area contributed by atoms with E-state index in [1.54, 1.807) is 10.9 Å². The second-order valence-electron chi connectivity index (χ2n) is 4.20. The Morgan fingerprint density at radius 1 is 1.44 bits per heavy atom. The maximum atomic E-state index is 6.22. The second kappa shape index (κ2) is 5.43. The molecular weight excluding hydrogens is 314 g/mol. The lowest BCUT2D eigenvalue weighted by atomic mass is 10.0. The van der Waals surface area contributed by atoms with Crippen molar-refractivity contribution in [3.8, 4) is 0 Å². The van der Waals surface area contributed by atoms with Crippen molar-refractivity contribution in [2.75, 3.05) is 7.05 Å². The Morgan fingerprint density at radius 3 is 2.72 bits per heavy atom. The molecule has 0 aliphatic carbocycles. The van der Waals surface area contributed by atoms with Gasteiger partial charge in [0.2, 0.25) is 0 Å². The van der Waals surface area contributed by atoms with E-state index < -0.39 is 0 Å². The lowest BCUT2D eigenvalue weighted by molar-refractivity contribution is 0.604. The van der Waals surface area contributed by atoms with Gasteiger partial charge in [-0.3, -0.25) is 4.68 Å². The number of halogens is 2. The smallest absolute Gasteiger partial charge is 0.0837 e. The predicted molar refractivity (Wildman–Crippen MR) is 78.0 cm³/mol. The van der Waals surface area contributed by atoms with E-state index in [4.69, 9.17) is 11.6 Å². The van der Waals surface area contributed by atoms with Crippen molar-refractivity contribution in [1.29, 1.82) is 0 Å². The van der Waals surface area contributed by atoms with Crippen LogP contribution in [0.3, 0.4) is 0 Å². The van der Waals surface area contributed by atoms with Gasteiger partial charge in [-0.1, -0.05) is 45.7 Å². The summed E-state index contributed by atoms with van der Waals surface area (Å²) in [6.07, 6.45) is 1.67. The van der Waals surface area contributed by atoms with Crippen molar-refractivity contribution in [3.05, 3.63) is 50.7 Å². The third kappa shape index (κ3) is 2.32. The van der Waals surface area contributed by atoms with Gasteiger partial charge in [-0.05, 0) is 25.1 Å². The number of rotatable bonds is 3. The number of aryl methyl sites for hydroxylation is 2. The van der Waals surface area contributed by atoms with E-state index >= 15 is 0 Å². The fourth-order valence-electron chi connectivity index (χ4n) is 2.08. The average Bonchev–Trinajstić information content (AvgIpc) is 2.67. The first-order valence-corrected chi connectivity index (χ1v) is 6.83. The van der Waals surface area contributed by atoms with Crippen molar-refractivity contribution in [2.45, 2.75) is 13.0 Å². The number of aromatic nitrogens is 2. The van der Waals surface area contributed by atoms with Gasteiger partial charge in [-0.25, -0.2) is 0 Å². The Kier molecular flexibility index (Phi) is 4.10. The minimum Gasteiger partial charge on any atom is -0.308 e. The first-order chi connectivity index (χ1) is 8.56. The molecule has 0 aliphatic rings. The number of hydrogen-bond acceptors (Lipinski definition) is 2. The van der Waals surface area contributed by atoms with Gasteiger partial charge in [0.25, 0.3) is 0 Å². The Hall–Kier alpha value is -0.840. The topological polar surface area (TPSA) is 29.9 Å². The van der Waals surface area contributed by atoms with Crippen LogP contribution < -0.4 is 5.32 Å². The van der Waals surface area contributed by atoms with Crippen LogP contribution in [0.1, 0.15) is 22.9 Å². The third-order valence-corrected chi connectivity index (χ3v) is 4.41. The summed E-state index contributed by atoms with van der Waals surface area (Å²) < 4.78 is 2.90. The highest BCUT2D eigenvalue weighted by Gasteiger charge is 2.21. The zero-order valence-electron chi connectivity index (χ0n) is 10.5. The Labute approximate surface area is 120 Å². The number of nitrogens with zero attached hydrogens (tertiary/aromatic N) is 2. The highest BCUT2D eigenvalue weighted by atomic mass is 79.9. The normalized spacial score (nSPS) is 12.7. The quantitative estimate of drug-likeness (QED) is 0.935. The maximum absolute atomic E-state index is 6.22. The van der Waals surface area contributed by atoms with E-state index in [9.17, 15) is 0 Å². The molecule has 0 fully saturated rings. The van der Waals surface area contributed by atoms with E-state index in [0.29, 0.717) is 5.02 Å². The van der Waals surface area contributed by atoms with Crippen LogP contribution in [0, 0.1) is 6.92 Å². The molecule has 1 atom stereocenters. The van der Waals surface area contributed by atoms with Gasteiger partial charge in [0.15, 0.2) is 0 Å². The lowest BCUT2D eigenvalue weighted by Crippen LogP contribution is -2.21. The van der Waals surface area contributed by atoms with Crippen molar-refractivity contribution in [2.24, 2.45) is 7.05 Å². The van der Waals surface area contributed by atoms with Crippen LogP contribution in [0.25, 0.3) is 0 Å². The van der Waals surface area contributed by atoms with Gasteiger partial charge in [0.1, 0.15) is 0 Å². The molecule has 0 amide bonds. The first-order valence-electron chi connectivity index (χ1n) is 5.66. The van der Waals surface area contributed by atoms with Gasteiger partial charge in [-0.15, -0.1) is 0 Å². The molecule has 1 aromatic heterocycles. The molecule has 18 heavy (non-hydrogen) atoms. The van der Waals surface area contributed by atoms with Gasteiger partial charge in [0, 0.05) is 11.5 Å². The molecule has 3 nitrogen and oxygen atoms in total. The molecule has 2 rings (SSSR count). The standard InChI is InChI=1S/C13H15BrClN3/c1-8-5-4-6-9(11(8)14)12(16-2)13-10(15)7-17-18(13)3/h4-7,12,16H,1-3H3. The molecule has 0 bridgehead atoms. The molecule has 1 unspecified atom stereocenters. The zero-order chi connectivity index (χ0) is 13.3. The monoisotopic (exact) mass is 327 g/mol. The summed E-state index contributed by atoms with van der Waals surface area (Å²) in [6, 6.07) is 6.22. The van der Waals surface area contributed by atoms with Crippen molar-refractivity contribution in [3.63, 3.8) is 0 Å². The summed E-state index contributed by atoms with van der Waals surface area (Å²) >= 11 is 9.87. The Bertz CT molecular complexity index is 546. The molecular formula is C13H15BrClN3. The van der Waals surface area contributed by atoms with E-state index in [1.165, 1.54) is 5.56 Å². The van der Waals surface area contributed by atoms with Gasteiger partial charge in [0.05, 0.1) is 23.0 Å². The van der Waals surface area contributed by atoms with E-state index in [2.05, 4.69) is 45.4 Å². The minimum absolute atomic E-state index is 0.0132. The minimum atomic E-state index is 0.0132. The molecule has 1 aromatic carbocycles. The van der Waals surface area contributed by atoms with E-state index in [0.717, 1.165) is 15.7 Å². The third-order valence-electron chi connectivity index (χ3n) is 3.03. The number of benzene rings is 1. The highest BCUT2D eigenvalue weighted by Crippen LogP contribution is 2.33. The summed E-state index contributed by atoms with van der Waals surface area (Å²) in [5.74, 6) is 0. The summed E-state index contributed by atoms with van der Waals surface area (Å²) in [6.45, 7) is 2.07. The molecule has 0 spiro atoms. The van der Waals surface area contributed by atoms with Crippen LogP contribution in [-0.2, 0) is 7.05 Å². The average molecular weight is 329 g/mol. The maximum Gasteiger partial charge on any atom is 0.0837 e. The number of hydrogen-bond donors (Lipinski definition) is 1. The second-order valence-corrected chi connectivity index (χ2v) is 5.40. The molecule has 2 aromatic rings. The zero-order valence-corrected chi connectivity index (χ0v) is 12.9. The molecule has 0 saturated carbocycles. The van der Waals surface area contributed by atoms with E-state index in [1.807, 2.05) is 20.2 Å². The molecule has 0 saturated heterocycles. The van der Waals surface area contributed by atoms with Gasteiger partial charge in [-0.2, -0.15) is 5.10 Å². The van der Waals surface area contributed by atoms with E-state index in [-0.39, 0.29) is 6.04 Å². The predicted octanol–water partition coefficient (Wildman–Crippen LogP) is 3.45. The number of nitrogens with one attached hydrogen (secondary N) is 1. The summed E-state index contributed by atoms with van der Waals surface area (Å²) in [5, 5.41) is 8.16. The molecule has 1 heterocycles. The molecule has 5 heteroatoms. The fraction of sp³-hybridized carbons (Fsp3) is 0.308. The van der Waals surface area contributed by atoms with Crippen LogP contribution in [0.2, 0.25) is 5.02 Å². The first kappa shape index (κ1) is 13.6. The molecule has 96 valence electrons. The van der Waals surface area contributed by atoms with Gasteiger partial charge < -0.3 is 5.32 Å². The molecule has 1 N–H and O–H groups in total. The van der Waals surface area contributed by atoms with Crippen molar-refractivity contribution in [1.82, 2.24) is 15.1 Å². The Morgan fingerprint density at radius 2 is 2.17 bits per heavy atom. The van der Waals surface area contributed by atoms with Crippen LogP contribution in [0.4, 0.5) is 0 Å². The van der Waals surface area contributed by atoms with Crippen LogP contribution in [0.5, 0.6) is 0 Å². The fourth-order valence-corrected chi connectivity index (χ4v) is 2.85.